The van der Waals surface area contributed by atoms with Gasteiger partial charge in [0.2, 0.25) is 0 Å². The van der Waals surface area contributed by atoms with Gasteiger partial charge in [0.05, 0.1) is 10.6 Å². The van der Waals surface area contributed by atoms with Crippen molar-refractivity contribution in [2.45, 2.75) is 6.92 Å². The van der Waals surface area contributed by atoms with E-state index in [0.717, 1.165) is 5.56 Å². The Bertz CT molecular complexity index is 1130. The number of aromatic amines is 1. The lowest BCUT2D eigenvalue weighted by Crippen LogP contribution is -2.00. The average Bonchev–Trinajstić information content (AvgIpc) is 3.03. The highest BCUT2D eigenvalue weighted by Gasteiger charge is 2.18. The first kappa shape index (κ1) is 16.2. The zero-order valence-corrected chi connectivity index (χ0v) is 14.2. The number of benzene rings is 1. The predicted molar refractivity (Wildman–Crippen MR) is 96.6 cm³/mol. The van der Waals surface area contributed by atoms with Crippen LogP contribution in [0.1, 0.15) is 5.56 Å². The molecule has 3 aromatic heterocycles. The second-order valence-electron chi connectivity index (χ2n) is 5.51. The average molecular weight is 371 g/mol. The number of nitrogens with zero attached hydrogens (tertiary/aromatic N) is 5. The van der Waals surface area contributed by atoms with E-state index < -0.39 is 5.82 Å². The van der Waals surface area contributed by atoms with Gasteiger partial charge >= 0.3 is 0 Å². The van der Waals surface area contributed by atoms with Gasteiger partial charge in [0.1, 0.15) is 41.4 Å². The third kappa shape index (κ3) is 2.78. The molecule has 0 bridgehead atoms. The number of rotatable bonds is 3. The molecule has 4 N–H and O–H groups in total. The molecule has 0 aliphatic rings. The third-order valence-corrected chi connectivity index (χ3v) is 4.23. The summed E-state index contributed by atoms with van der Waals surface area (Å²) >= 11 is 6.27. The van der Waals surface area contributed by atoms with Crippen molar-refractivity contribution in [3.05, 3.63) is 47.3 Å². The fourth-order valence-electron chi connectivity index (χ4n) is 2.48. The quantitative estimate of drug-likeness (QED) is 0.506. The summed E-state index contributed by atoms with van der Waals surface area (Å²) in [6.45, 7) is 1.79. The van der Waals surface area contributed by atoms with Crippen molar-refractivity contribution in [1.82, 2.24) is 29.9 Å². The second kappa shape index (κ2) is 6.19. The molecule has 3 heterocycles. The number of nitrogen functional groups attached to an aromatic ring is 1. The largest absolute Gasteiger partial charge is 0.384 e. The number of aromatic nitrogens is 6. The second-order valence-corrected chi connectivity index (χ2v) is 5.89. The molecule has 8 nitrogen and oxygen atoms in total. The van der Waals surface area contributed by atoms with E-state index in [4.69, 9.17) is 17.3 Å². The molecule has 0 aliphatic heterocycles. The van der Waals surface area contributed by atoms with Crippen molar-refractivity contribution in [3.8, 4) is 11.4 Å². The molecule has 0 amide bonds. The monoisotopic (exact) mass is 370 g/mol. The number of anilines is 3. The SMILES string of the molecule is Cc1ccc(F)c(-c2nc3ncnc(Nc4cc(N)ncn4)c3[nH]2)c1Cl. The summed E-state index contributed by atoms with van der Waals surface area (Å²) in [4.78, 5) is 23.6. The van der Waals surface area contributed by atoms with E-state index in [1.54, 1.807) is 19.1 Å². The van der Waals surface area contributed by atoms with Crippen LogP contribution in [0.5, 0.6) is 0 Å². The summed E-state index contributed by atoms with van der Waals surface area (Å²) < 4.78 is 14.3. The molecular weight excluding hydrogens is 359 g/mol. The van der Waals surface area contributed by atoms with Crippen molar-refractivity contribution < 1.29 is 4.39 Å². The van der Waals surface area contributed by atoms with E-state index in [2.05, 4.69) is 35.2 Å². The minimum absolute atomic E-state index is 0.182. The molecule has 0 saturated carbocycles. The van der Waals surface area contributed by atoms with Crippen LogP contribution in [0.3, 0.4) is 0 Å². The van der Waals surface area contributed by atoms with E-state index in [9.17, 15) is 4.39 Å². The van der Waals surface area contributed by atoms with Gasteiger partial charge in [-0.3, -0.25) is 0 Å². The molecule has 4 aromatic rings. The van der Waals surface area contributed by atoms with Gasteiger partial charge in [-0.1, -0.05) is 17.7 Å². The molecule has 1 aromatic carbocycles. The Morgan fingerprint density at radius 1 is 1.15 bits per heavy atom. The van der Waals surface area contributed by atoms with Gasteiger partial charge in [-0.25, -0.2) is 29.3 Å². The van der Waals surface area contributed by atoms with Crippen LogP contribution in [-0.4, -0.2) is 29.9 Å². The topological polar surface area (TPSA) is 118 Å². The van der Waals surface area contributed by atoms with Crippen LogP contribution in [-0.2, 0) is 0 Å². The molecule has 4 rings (SSSR count). The van der Waals surface area contributed by atoms with Crippen LogP contribution in [0, 0.1) is 12.7 Å². The minimum Gasteiger partial charge on any atom is -0.384 e. The van der Waals surface area contributed by atoms with Crippen LogP contribution >= 0.6 is 11.6 Å². The number of nitrogens with two attached hydrogens (primary N) is 1. The predicted octanol–water partition coefficient (Wildman–Crippen LogP) is 3.24. The van der Waals surface area contributed by atoms with Crippen LogP contribution in [0.15, 0.2) is 30.9 Å². The van der Waals surface area contributed by atoms with E-state index in [0.29, 0.717) is 28.6 Å². The molecule has 10 heteroatoms. The molecule has 0 aliphatic carbocycles. The molecule has 130 valence electrons. The Morgan fingerprint density at radius 3 is 2.77 bits per heavy atom. The van der Waals surface area contributed by atoms with E-state index >= 15 is 0 Å². The minimum atomic E-state index is -0.481. The fourth-order valence-corrected chi connectivity index (χ4v) is 2.72. The van der Waals surface area contributed by atoms with Crippen molar-refractivity contribution in [2.75, 3.05) is 11.1 Å². The maximum absolute atomic E-state index is 14.3. The summed E-state index contributed by atoms with van der Waals surface area (Å²) in [5, 5.41) is 3.30. The number of nitrogens with one attached hydrogen (secondary N) is 2. The van der Waals surface area contributed by atoms with E-state index in [1.165, 1.54) is 18.7 Å². The molecule has 0 fully saturated rings. The van der Waals surface area contributed by atoms with Crippen molar-refractivity contribution in [3.63, 3.8) is 0 Å². The highest BCUT2D eigenvalue weighted by Crippen LogP contribution is 2.33. The van der Waals surface area contributed by atoms with Crippen molar-refractivity contribution in [1.29, 1.82) is 0 Å². The van der Waals surface area contributed by atoms with Crippen LogP contribution in [0.4, 0.5) is 21.8 Å². The molecule has 26 heavy (non-hydrogen) atoms. The number of hydrogen-bond donors (Lipinski definition) is 3. The van der Waals surface area contributed by atoms with Crippen LogP contribution in [0.25, 0.3) is 22.6 Å². The highest BCUT2D eigenvalue weighted by molar-refractivity contribution is 6.34. The molecule has 0 radical (unpaired) electrons. The molecular formula is C16H12ClFN8. The Morgan fingerprint density at radius 2 is 1.96 bits per heavy atom. The van der Waals surface area contributed by atoms with Crippen molar-refractivity contribution >= 4 is 40.2 Å². The Kier molecular flexibility index (Phi) is 3.85. The Hall–Kier alpha value is -3.33. The van der Waals surface area contributed by atoms with Gasteiger partial charge in [-0.2, -0.15) is 0 Å². The maximum atomic E-state index is 14.3. The first-order chi connectivity index (χ1) is 12.5. The standard InChI is InChI=1S/C16H12ClFN8/c1-7-2-3-8(18)11(12(7)17)14-25-13-15(22-6-23-16(13)26-14)24-10-4-9(19)20-5-21-10/h2-6H,1H3,(H4,19,20,21,22,23,24,25,26). The Balaban J connectivity index is 1.83. The first-order valence-electron chi connectivity index (χ1n) is 7.53. The van der Waals surface area contributed by atoms with Gasteiger partial charge in [-0.15, -0.1) is 0 Å². The van der Waals surface area contributed by atoms with Gasteiger partial charge < -0.3 is 16.0 Å². The highest BCUT2D eigenvalue weighted by atomic mass is 35.5. The summed E-state index contributed by atoms with van der Waals surface area (Å²) in [6.07, 6.45) is 2.67. The number of hydrogen-bond acceptors (Lipinski definition) is 7. The lowest BCUT2D eigenvalue weighted by molar-refractivity contribution is 0.630. The smallest absolute Gasteiger partial charge is 0.183 e. The van der Waals surface area contributed by atoms with Crippen LogP contribution in [0.2, 0.25) is 5.02 Å². The summed E-state index contributed by atoms with van der Waals surface area (Å²) in [5.41, 5.74) is 7.42. The molecule has 0 saturated heterocycles. The fraction of sp³-hybridized carbons (Fsp3) is 0.0625. The third-order valence-electron chi connectivity index (χ3n) is 3.74. The number of H-pyrrole nitrogens is 1. The lowest BCUT2D eigenvalue weighted by Gasteiger charge is -2.06. The number of halogens is 2. The molecule has 0 spiro atoms. The number of imidazole rings is 1. The zero-order chi connectivity index (χ0) is 18.3. The Labute approximate surface area is 151 Å². The summed E-state index contributed by atoms with van der Waals surface area (Å²) in [6, 6.07) is 4.51. The normalized spacial score (nSPS) is 11.0. The van der Waals surface area contributed by atoms with Gasteiger partial charge in [0.25, 0.3) is 0 Å². The van der Waals surface area contributed by atoms with Crippen LogP contribution < -0.4 is 11.1 Å². The molecule has 0 atom stereocenters. The first-order valence-corrected chi connectivity index (χ1v) is 7.91. The molecule has 0 unspecified atom stereocenters. The van der Waals surface area contributed by atoms with Gasteiger partial charge in [-0.05, 0) is 18.6 Å². The summed E-state index contributed by atoms with van der Waals surface area (Å²) in [7, 11) is 0. The number of aryl methyl sites for hydroxylation is 1. The van der Waals surface area contributed by atoms with Crippen molar-refractivity contribution in [2.24, 2.45) is 0 Å². The summed E-state index contributed by atoms with van der Waals surface area (Å²) in [5.74, 6) is 0.957. The van der Waals surface area contributed by atoms with E-state index in [1.807, 2.05) is 0 Å². The zero-order valence-electron chi connectivity index (χ0n) is 13.5. The number of fused-ring (bicyclic) bond motifs is 1. The van der Waals surface area contributed by atoms with E-state index in [-0.39, 0.29) is 16.4 Å². The lowest BCUT2D eigenvalue weighted by atomic mass is 10.1. The van der Waals surface area contributed by atoms with Gasteiger partial charge in [0.15, 0.2) is 11.5 Å². The van der Waals surface area contributed by atoms with Gasteiger partial charge in [0, 0.05) is 6.07 Å². The maximum Gasteiger partial charge on any atom is 0.183 e.